The van der Waals surface area contributed by atoms with Crippen molar-refractivity contribution in [2.24, 2.45) is 11.5 Å². The van der Waals surface area contributed by atoms with Gasteiger partial charge in [-0.2, -0.15) is 0 Å². The summed E-state index contributed by atoms with van der Waals surface area (Å²) in [4.78, 5) is 0. The van der Waals surface area contributed by atoms with E-state index in [1.165, 1.54) is 0 Å². The molecule has 0 aromatic rings. The summed E-state index contributed by atoms with van der Waals surface area (Å²) in [5, 5.41) is 0. The highest BCUT2D eigenvalue weighted by atomic mass is 16.5. The maximum absolute atomic E-state index is 5.82. The van der Waals surface area contributed by atoms with Crippen molar-refractivity contribution in [3.63, 3.8) is 0 Å². The standard InChI is InChI=1S/C10H22N2O/c1-7(11)5-9-3-4-10(13-9)6-8(2)12/h7-10H,3-6,11-12H2,1-2H3. The molecule has 78 valence electrons. The highest BCUT2D eigenvalue weighted by Crippen LogP contribution is 2.25. The zero-order valence-electron chi connectivity index (χ0n) is 8.70. The number of rotatable bonds is 4. The molecule has 0 radical (unpaired) electrons. The Hall–Kier alpha value is -0.120. The third-order valence-electron chi connectivity index (χ3n) is 2.46. The van der Waals surface area contributed by atoms with Gasteiger partial charge >= 0.3 is 0 Å². The Labute approximate surface area is 80.8 Å². The van der Waals surface area contributed by atoms with Crippen molar-refractivity contribution >= 4 is 0 Å². The molecular formula is C10H22N2O. The normalized spacial score (nSPS) is 33.2. The van der Waals surface area contributed by atoms with Crippen molar-refractivity contribution in [1.29, 1.82) is 0 Å². The molecule has 0 amide bonds. The van der Waals surface area contributed by atoms with E-state index in [0.29, 0.717) is 12.2 Å². The Bertz CT molecular complexity index is 132. The Morgan fingerprint density at radius 3 is 1.77 bits per heavy atom. The number of nitrogens with two attached hydrogens (primary N) is 2. The van der Waals surface area contributed by atoms with Crippen LogP contribution in [0.4, 0.5) is 0 Å². The molecule has 4 unspecified atom stereocenters. The minimum atomic E-state index is 0.249. The predicted octanol–water partition coefficient (Wildman–Crippen LogP) is 1.01. The van der Waals surface area contributed by atoms with Gasteiger partial charge in [-0.15, -0.1) is 0 Å². The molecule has 0 bridgehead atoms. The maximum Gasteiger partial charge on any atom is 0.0594 e. The van der Waals surface area contributed by atoms with Gasteiger partial charge in [0.25, 0.3) is 0 Å². The minimum absolute atomic E-state index is 0.249. The summed E-state index contributed by atoms with van der Waals surface area (Å²) in [6.07, 6.45) is 5.02. The van der Waals surface area contributed by atoms with E-state index in [9.17, 15) is 0 Å². The maximum atomic E-state index is 5.82. The molecular weight excluding hydrogens is 164 g/mol. The lowest BCUT2D eigenvalue weighted by molar-refractivity contribution is 0.0310. The Balaban J connectivity index is 2.20. The summed E-state index contributed by atoms with van der Waals surface area (Å²) in [6, 6.07) is 0.498. The molecule has 0 aliphatic carbocycles. The van der Waals surface area contributed by atoms with E-state index >= 15 is 0 Å². The van der Waals surface area contributed by atoms with Gasteiger partial charge in [0.05, 0.1) is 12.2 Å². The van der Waals surface area contributed by atoms with Crippen molar-refractivity contribution < 1.29 is 4.74 Å². The largest absolute Gasteiger partial charge is 0.375 e. The van der Waals surface area contributed by atoms with Gasteiger partial charge in [0.2, 0.25) is 0 Å². The minimum Gasteiger partial charge on any atom is -0.375 e. The summed E-state index contributed by atoms with van der Waals surface area (Å²) in [7, 11) is 0. The third-order valence-corrected chi connectivity index (χ3v) is 2.46. The lowest BCUT2D eigenvalue weighted by Crippen LogP contribution is -2.25. The lowest BCUT2D eigenvalue weighted by Gasteiger charge is -2.16. The fourth-order valence-electron chi connectivity index (χ4n) is 1.96. The fraction of sp³-hybridized carbons (Fsp3) is 1.00. The van der Waals surface area contributed by atoms with E-state index < -0.39 is 0 Å². The first-order valence-electron chi connectivity index (χ1n) is 5.24. The van der Waals surface area contributed by atoms with Crippen molar-refractivity contribution in [2.45, 2.75) is 63.8 Å². The van der Waals surface area contributed by atoms with Crippen LogP contribution in [0.3, 0.4) is 0 Å². The predicted molar refractivity (Wildman–Crippen MR) is 54.4 cm³/mol. The molecule has 1 saturated heterocycles. The summed E-state index contributed by atoms with van der Waals surface area (Å²) in [5.74, 6) is 0. The van der Waals surface area contributed by atoms with Crippen LogP contribution >= 0.6 is 0 Å². The summed E-state index contributed by atoms with van der Waals surface area (Å²) in [5.41, 5.74) is 11.4. The van der Waals surface area contributed by atoms with Gasteiger partial charge in [-0.1, -0.05) is 0 Å². The van der Waals surface area contributed by atoms with Gasteiger partial charge in [0, 0.05) is 12.1 Å². The van der Waals surface area contributed by atoms with E-state index in [1.807, 2.05) is 13.8 Å². The molecule has 0 saturated carbocycles. The van der Waals surface area contributed by atoms with Gasteiger partial charge in [-0.3, -0.25) is 0 Å². The Morgan fingerprint density at radius 2 is 1.46 bits per heavy atom. The molecule has 13 heavy (non-hydrogen) atoms. The zero-order chi connectivity index (χ0) is 9.84. The molecule has 0 aromatic carbocycles. The van der Waals surface area contributed by atoms with Crippen LogP contribution in [0.25, 0.3) is 0 Å². The molecule has 1 heterocycles. The molecule has 4 N–H and O–H groups in total. The monoisotopic (exact) mass is 186 g/mol. The second kappa shape index (κ2) is 4.94. The van der Waals surface area contributed by atoms with Crippen LogP contribution < -0.4 is 11.5 Å². The average Bonchev–Trinajstić information content (AvgIpc) is 2.33. The van der Waals surface area contributed by atoms with Crippen molar-refractivity contribution in [3.05, 3.63) is 0 Å². The van der Waals surface area contributed by atoms with Crippen LogP contribution in [0.2, 0.25) is 0 Å². The molecule has 1 aliphatic heterocycles. The van der Waals surface area contributed by atoms with Crippen LogP contribution in [0.1, 0.15) is 39.5 Å². The first-order valence-corrected chi connectivity index (χ1v) is 5.24. The third kappa shape index (κ3) is 4.07. The molecule has 3 heteroatoms. The average molecular weight is 186 g/mol. The lowest BCUT2D eigenvalue weighted by atomic mass is 10.1. The number of hydrogen-bond donors (Lipinski definition) is 2. The SMILES string of the molecule is CC(N)CC1CCC(CC(C)N)O1. The Morgan fingerprint density at radius 1 is 1.08 bits per heavy atom. The van der Waals surface area contributed by atoms with E-state index in [-0.39, 0.29) is 12.1 Å². The summed E-state index contributed by atoms with van der Waals surface area (Å²) < 4.78 is 5.82. The van der Waals surface area contributed by atoms with Gasteiger partial charge in [0.15, 0.2) is 0 Å². The van der Waals surface area contributed by atoms with Crippen LogP contribution in [0, 0.1) is 0 Å². The van der Waals surface area contributed by atoms with Crippen molar-refractivity contribution in [3.8, 4) is 0 Å². The summed E-state index contributed by atoms with van der Waals surface area (Å²) in [6.45, 7) is 4.06. The fourth-order valence-corrected chi connectivity index (χ4v) is 1.96. The van der Waals surface area contributed by atoms with Gasteiger partial charge in [-0.05, 0) is 39.5 Å². The van der Waals surface area contributed by atoms with Crippen LogP contribution in [0.15, 0.2) is 0 Å². The highest BCUT2D eigenvalue weighted by Gasteiger charge is 2.26. The van der Waals surface area contributed by atoms with E-state index in [2.05, 4.69) is 0 Å². The molecule has 1 fully saturated rings. The molecule has 1 rings (SSSR count). The number of ether oxygens (including phenoxy) is 1. The van der Waals surface area contributed by atoms with E-state index in [1.54, 1.807) is 0 Å². The van der Waals surface area contributed by atoms with E-state index in [0.717, 1.165) is 25.7 Å². The number of hydrogen-bond acceptors (Lipinski definition) is 3. The van der Waals surface area contributed by atoms with Gasteiger partial charge in [-0.25, -0.2) is 0 Å². The second-order valence-electron chi connectivity index (χ2n) is 4.38. The molecule has 0 spiro atoms. The molecule has 1 aliphatic rings. The summed E-state index contributed by atoms with van der Waals surface area (Å²) >= 11 is 0. The van der Waals surface area contributed by atoms with Crippen LogP contribution in [-0.2, 0) is 4.74 Å². The zero-order valence-corrected chi connectivity index (χ0v) is 8.70. The van der Waals surface area contributed by atoms with Crippen molar-refractivity contribution in [2.75, 3.05) is 0 Å². The molecule has 0 aromatic heterocycles. The van der Waals surface area contributed by atoms with Crippen LogP contribution in [0.5, 0.6) is 0 Å². The van der Waals surface area contributed by atoms with Gasteiger partial charge in [0.1, 0.15) is 0 Å². The van der Waals surface area contributed by atoms with Crippen LogP contribution in [-0.4, -0.2) is 24.3 Å². The first-order chi connectivity index (χ1) is 6.08. The second-order valence-corrected chi connectivity index (χ2v) is 4.38. The topological polar surface area (TPSA) is 61.3 Å². The molecule has 3 nitrogen and oxygen atoms in total. The smallest absolute Gasteiger partial charge is 0.0594 e. The Kier molecular flexibility index (Phi) is 4.16. The first kappa shape index (κ1) is 11.0. The van der Waals surface area contributed by atoms with Crippen molar-refractivity contribution in [1.82, 2.24) is 0 Å². The highest BCUT2D eigenvalue weighted by molar-refractivity contribution is 4.77. The molecule has 4 atom stereocenters. The van der Waals surface area contributed by atoms with E-state index in [4.69, 9.17) is 16.2 Å². The quantitative estimate of drug-likeness (QED) is 0.689. The van der Waals surface area contributed by atoms with Gasteiger partial charge < -0.3 is 16.2 Å².